The van der Waals surface area contributed by atoms with Crippen LogP contribution in [0, 0.1) is 0 Å². The summed E-state index contributed by atoms with van der Waals surface area (Å²) in [5, 5.41) is 3.81. The van der Waals surface area contributed by atoms with Crippen LogP contribution in [0.25, 0.3) is 22.1 Å². The maximum absolute atomic E-state index is 12.3. The van der Waals surface area contributed by atoms with E-state index in [0.29, 0.717) is 32.1 Å². The van der Waals surface area contributed by atoms with E-state index in [-0.39, 0.29) is 5.76 Å². The zero-order valence-electron chi connectivity index (χ0n) is 13.7. The van der Waals surface area contributed by atoms with E-state index in [1.54, 1.807) is 48.5 Å². The van der Waals surface area contributed by atoms with Crippen molar-refractivity contribution in [2.45, 2.75) is 0 Å². The first-order valence-corrected chi connectivity index (χ1v) is 9.08. The number of amides is 1. The Balaban J connectivity index is 1.67. The molecule has 4 rings (SSSR count). The maximum Gasteiger partial charge on any atom is 0.344 e. The second-order valence-corrected chi connectivity index (χ2v) is 6.93. The van der Waals surface area contributed by atoms with Crippen molar-refractivity contribution in [2.75, 3.05) is 5.32 Å². The Morgan fingerprint density at radius 2 is 1.78 bits per heavy atom. The Hall–Kier alpha value is -2.83. The number of fused-ring (bicyclic) bond motifs is 1. The van der Waals surface area contributed by atoms with E-state index in [1.807, 2.05) is 12.1 Å². The van der Waals surface area contributed by atoms with Crippen molar-refractivity contribution >= 4 is 50.1 Å². The molecule has 0 atom stereocenters. The Kier molecular flexibility index (Phi) is 4.59. The topological polar surface area (TPSA) is 72.5 Å². The van der Waals surface area contributed by atoms with Crippen molar-refractivity contribution in [3.8, 4) is 11.1 Å². The van der Waals surface area contributed by atoms with Crippen molar-refractivity contribution in [2.24, 2.45) is 0 Å². The second kappa shape index (κ2) is 7.06. The highest BCUT2D eigenvalue weighted by atomic mass is 79.9. The van der Waals surface area contributed by atoms with Crippen molar-refractivity contribution < 1.29 is 13.6 Å². The fourth-order valence-electron chi connectivity index (χ4n) is 2.69. The first kappa shape index (κ1) is 17.6. The van der Waals surface area contributed by atoms with Crippen LogP contribution in [0.4, 0.5) is 5.69 Å². The summed E-state index contributed by atoms with van der Waals surface area (Å²) in [5.41, 5.74) is 1.39. The summed E-state index contributed by atoms with van der Waals surface area (Å²) < 4.78 is 11.0. The standard InChI is InChI=1S/C20H11BrClNO4/c21-18-8-7-17(26-18)19(24)23-12-5-6-13(15(22)10-12)14-9-11-3-1-2-4-16(11)27-20(14)25/h1-10H,(H,23,24). The van der Waals surface area contributed by atoms with E-state index in [0.717, 1.165) is 5.39 Å². The van der Waals surface area contributed by atoms with E-state index < -0.39 is 11.5 Å². The molecule has 134 valence electrons. The lowest BCUT2D eigenvalue weighted by Crippen LogP contribution is -2.11. The molecule has 2 heterocycles. The summed E-state index contributed by atoms with van der Waals surface area (Å²) in [5.74, 6) is -0.244. The first-order valence-electron chi connectivity index (χ1n) is 7.91. The predicted molar refractivity (Wildman–Crippen MR) is 107 cm³/mol. The molecule has 0 aliphatic rings. The minimum atomic E-state index is -0.479. The summed E-state index contributed by atoms with van der Waals surface area (Å²) in [7, 11) is 0. The highest BCUT2D eigenvalue weighted by Crippen LogP contribution is 2.30. The average molecular weight is 445 g/mol. The molecule has 0 spiro atoms. The lowest BCUT2D eigenvalue weighted by atomic mass is 10.1. The van der Waals surface area contributed by atoms with Gasteiger partial charge in [-0.1, -0.05) is 35.9 Å². The second-order valence-electron chi connectivity index (χ2n) is 5.74. The van der Waals surface area contributed by atoms with Crippen LogP contribution in [0.3, 0.4) is 0 Å². The molecular formula is C20H11BrClNO4. The molecule has 0 unspecified atom stereocenters. The van der Waals surface area contributed by atoms with Gasteiger partial charge < -0.3 is 14.2 Å². The third-order valence-electron chi connectivity index (χ3n) is 3.96. The molecule has 5 nitrogen and oxygen atoms in total. The molecule has 4 aromatic rings. The molecule has 0 radical (unpaired) electrons. The van der Waals surface area contributed by atoms with Crippen LogP contribution in [0.1, 0.15) is 10.6 Å². The molecule has 0 bridgehead atoms. The van der Waals surface area contributed by atoms with E-state index in [1.165, 1.54) is 0 Å². The zero-order chi connectivity index (χ0) is 19.0. The number of carbonyl (C=O) groups excluding carboxylic acids is 1. The molecule has 2 aromatic heterocycles. The number of anilines is 1. The molecule has 1 amide bonds. The van der Waals surface area contributed by atoms with Gasteiger partial charge in [-0.25, -0.2) is 4.79 Å². The lowest BCUT2D eigenvalue weighted by molar-refractivity contribution is 0.0995. The SMILES string of the molecule is O=C(Nc1ccc(-c2cc3ccccc3oc2=O)c(Cl)c1)c1ccc(Br)o1. The summed E-state index contributed by atoms with van der Waals surface area (Å²) in [6, 6.07) is 17.1. The van der Waals surface area contributed by atoms with Crippen molar-refractivity contribution in [3.63, 3.8) is 0 Å². The molecule has 0 aliphatic heterocycles. The summed E-state index contributed by atoms with van der Waals surface area (Å²) >= 11 is 9.51. The Morgan fingerprint density at radius 1 is 0.963 bits per heavy atom. The van der Waals surface area contributed by atoms with Crippen LogP contribution in [-0.4, -0.2) is 5.91 Å². The maximum atomic E-state index is 12.3. The van der Waals surface area contributed by atoms with Gasteiger partial charge in [0.2, 0.25) is 0 Å². The molecule has 7 heteroatoms. The van der Waals surface area contributed by atoms with Crippen molar-refractivity contribution in [1.29, 1.82) is 0 Å². The van der Waals surface area contributed by atoms with E-state index >= 15 is 0 Å². The van der Waals surface area contributed by atoms with Crippen LogP contribution in [0.5, 0.6) is 0 Å². The lowest BCUT2D eigenvalue weighted by Gasteiger charge is -2.08. The molecule has 0 saturated carbocycles. The number of rotatable bonds is 3. The molecule has 1 N–H and O–H groups in total. The monoisotopic (exact) mass is 443 g/mol. The Labute approximate surface area is 166 Å². The normalized spacial score (nSPS) is 10.9. The smallest absolute Gasteiger partial charge is 0.344 e. The van der Waals surface area contributed by atoms with Crippen LogP contribution in [-0.2, 0) is 0 Å². The van der Waals surface area contributed by atoms with Gasteiger partial charge in [0.25, 0.3) is 5.91 Å². The van der Waals surface area contributed by atoms with Crippen LogP contribution >= 0.6 is 27.5 Å². The highest BCUT2D eigenvalue weighted by molar-refractivity contribution is 9.10. The summed E-state index contributed by atoms with van der Waals surface area (Å²) in [6.45, 7) is 0. The first-order chi connectivity index (χ1) is 13.0. The third-order valence-corrected chi connectivity index (χ3v) is 4.69. The fourth-order valence-corrected chi connectivity index (χ4v) is 3.28. The molecule has 0 aliphatic carbocycles. The number of hydrogen-bond acceptors (Lipinski definition) is 4. The molecular weight excluding hydrogens is 434 g/mol. The average Bonchev–Trinajstić information content (AvgIpc) is 3.08. The van der Waals surface area contributed by atoms with Gasteiger partial charge >= 0.3 is 5.63 Å². The quantitative estimate of drug-likeness (QED) is 0.410. The van der Waals surface area contributed by atoms with Crippen molar-refractivity contribution in [1.82, 2.24) is 0 Å². The fraction of sp³-hybridized carbons (Fsp3) is 0. The van der Waals surface area contributed by atoms with Gasteiger partial charge in [0.1, 0.15) is 5.58 Å². The number of hydrogen-bond donors (Lipinski definition) is 1. The van der Waals surface area contributed by atoms with Crippen LogP contribution in [0.15, 0.2) is 79.0 Å². The van der Waals surface area contributed by atoms with Gasteiger partial charge in [-0.05, 0) is 52.3 Å². The third kappa shape index (κ3) is 3.54. The predicted octanol–water partition coefficient (Wildman–Crippen LogP) is 5.72. The van der Waals surface area contributed by atoms with Gasteiger partial charge in [-0.3, -0.25) is 4.79 Å². The minimum Gasteiger partial charge on any atom is -0.444 e. The Morgan fingerprint density at radius 3 is 2.52 bits per heavy atom. The van der Waals surface area contributed by atoms with Gasteiger partial charge in [-0.2, -0.15) is 0 Å². The highest BCUT2D eigenvalue weighted by Gasteiger charge is 2.14. The number of carbonyl (C=O) groups is 1. The molecule has 0 fully saturated rings. The number of halogens is 2. The molecule has 2 aromatic carbocycles. The van der Waals surface area contributed by atoms with Crippen molar-refractivity contribution in [3.05, 3.63) is 86.5 Å². The van der Waals surface area contributed by atoms with Gasteiger partial charge in [-0.15, -0.1) is 0 Å². The van der Waals surface area contributed by atoms with Gasteiger partial charge in [0, 0.05) is 16.6 Å². The number of para-hydroxylation sites is 1. The number of benzene rings is 2. The van der Waals surface area contributed by atoms with Gasteiger partial charge in [0.15, 0.2) is 10.4 Å². The minimum absolute atomic E-state index is 0.164. The van der Waals surface area contributed by atoms with E-state index in [4.69, 9.17) is 20.4 Å². The Bertz CT molecular complexity index is 1230. The zero-order valence-corrected chi connectivity index (χ0v) is 16.0. The van der Waals surface area contributed by atoms with Gasteiger partial charge in [0.05, 0.1) is 10.6 Å². The largest absolute Gasteiger partial charge is 0.444 e. The van der Waals surface area contributed by atoms with E-state index in [9.17, 15) is 9.59 Å². The number of furan rings is 1. The molecule has 27 heavy (non-hydrogen) atoms. The van der Waals surface area contributed by atoms with E-state index in [2.05, 4.69) is 21.2 Å². The number of nitrogens with one attached hydrogen (secondary N) is 1. The van der Waals surface area contributed by atoms with Crippen LogP contribution in [0.2, 0.25) is 5.02 Å². The molecule has 0 saturated heterocycles. The van der Waals surface area contributed by atoms with Crippen LogP contribution < -0.4 is 10.9 Å². The summed E-state index contributed by atoms with van der Waals surface area (Å²) in [6.07, 6.45) is 0. The summed E-state index contributed by atoms with van der Waals surface area (Å²) in [4.78, 5) is 24.5.